The van der Waals surface area contributed by atoms with E-state index in [-0.39, 0.29) is 11.8 Å². The van der Waals surface area contributed by atoms with Gasteiger partial charge in [0.1, 0.15) is 5.75 Å². The van der Waals surface area contributed by atoms with Gasteiger partial charge < -0.3 is 14.5 Å². The lowest BCUT2D eigenvalue weighted by Gasteiger charge is -2.42. The molecule has 4 nitrogen and oxygen atoms in total. The van der Waals surface area contributed by atoms with Crippen molar-refractivity contribution in [1.29, 1.82) is 0 Å². The highest BCUT2D eigenvalue weighted by Gasteiger charge is 2.47. The molecule has 2 heterocycles. The zero-order valence-electron chi connectivity index (χ0n) is 22.1. The maximum absolute atomic E-state index is 13.1. The van der Waals surface area contributed by atoms with Gasteiger partial charge in [0.25, 0.3) is 8.32 Å². The first kappa shape index (κ1) is 26.8. The standard InChI is InChI=1S/C29H36ClNO3SSi/c1-17(2)36(18(3)4,19(5)6)34-26-13-10-21(14-27(26)33-7)23-15-25(32)29-24(31-23)16-28(35-29)20-8-11-22(30)12-9-20/h8-14,16-19,23,31H,15H2,1-7H3. The molecule has 192 valence electrons. The van der Waals surface area contributed by atoms with Crippen LogP contribution in [-0.4, -0.2) is 21.2 Å². The molecule has 0 aliphatic carbocycles. The number of ketones is 1. The number of rotatable bonds is 8. The minimum Gasteiger partial charge on any atom is -0.540 e. The summed E-state index contributed by atoms with van der Waals surface area (Å²) in [7, 11) is -0.436. The van der Waals surface area contributed by atoms with Gasteiger partial charge >= 0.3 is 0 Å². The molecule has 1 atom stereocenters. The van der Waals surface area contributed by atoms with Gasteiger partial charge in [-0.15, -0.1) is 11.3 Å². The fourth-order valence-corrected chi connectivity index (χ4v) is 12.2. The van der Waals surface area contributed by atoms with Crippen LogP contribution in [0.15, 0.2) is 48.5 Å². The largest absolute Gasteiger partial charge is 0.540 e. The monoisotopic (exact) mass is 541 g/mol. The minimum absolute atomic E-state index is 0.122. The van der Waals surface area contributed by atoms with Gasteiger partial charge in [-0.1, -0.05) is 71.3 Å². The van der Waals surface area contributed by atoms with E-state index < -0.39 is 8.32 Å². The van der Waals surface area contributed by atoms with E-state index in [0.29, 0.717) is 28.1 Å². The van der Waals surface area contributed by atoms with E-state index in [1.807, 2.05) is 36.4 Å². The van der Waals surface area contributed by atoms with Crippen molar-refractivity contribution in [3.8, 4) is 21.9 Å². The van der Waals surface area contributed by atoms with Crippen LogP contribution in [0.25, 0.3) is 10.4 Å². The number of benzene rings is 2. The lowest BCUT2D eigenvalue weighted by Crippen LogP contribution is -2.50. The van der Waals surface area contributed by atoms with Crippen molar-refractivity contribution in [1.82, 2.24) is 0 Å². The normalized spacial score (nSPS) is 15.9. The predicted octanol–water partition coefficient (Wildman–Crippen LogP) is 9.37. The Bertz CT molecular complexity index is 1210. The highest BCUT2D eigenvalue weighted by Crippen LogP contribution is 2.46. The quantitative estimate of drug-likeness (QED) is 0.288. The van der Waals surface area contributed by atoms with E-state index in [4.69, 9.17) is 20.8 Å². The molecule has 1 aliphatic heterocycles. The molecule has 7 heteroatoms. The average molecular weight is 542 g/mol. The zero-order chi connectivity index (χ0) is 26.2. The molecule has 0 spiro atoms. The van der Waals surface area contributed by atoms with Crippen molar-refractivity contribution in [2.45, 2.75) is 70.6 Å². The molecule has 1 unspecified atom stereocenters. The summed E-state index contributed by atoms with van der Waals surface area (Å²) in [4.78, 5) is 14.9. The SMILES string of the molecule is COc1cc(C2CC(=O)c3sc(-c4ccc(Cl)cc4)cc3N2)ccc1O[Si](C(C)C)(C(C)C)C(C)C. The third-order valence-corrected chi connectivity index (χ3v) is 14.9. The third-order valence-electron chi connectivity index (χ3n) is 7.42. The van der Waals surface area contributed by atoms with Gasteiger partial charge in [-0.2, -0.15) is 0 Å². The number of carbonyl (C=O) groups is 1. The molecule has 3 aromatic rings. The van der Waals surface area contributed by atoms with Crippen molar-refractivity contribution >= 4 is 42.7 Å². The highest BCUT2D eigenvalue weighted by atomic mass is 35.5. The summed E-state index contributed by atoms with van der Waals surface area (Å²) in [6, 6.07) is 15.8. The lowest BCUT2D eigenvalue weighted by atomic mass is 9.96. The minimum atomic E-state index is -2.12. The molecule has 1 aromatic heterocycles. The number of ether oxygens (including phenoxy) is 1. The molecule has 0 amide bonds. The van der Waals surface area contributed by atoms with Crippen LogP contribution in [0.5, 0.6) is 11.5 Å². The van der Waals surface area contributed by atoms with Gasteiger partial charge in [0.2, 0.25) is 0 Å². The Morgan fingerprint density at radius 2 is 1.58 bits per heavy atom. The summed E-state index contributed by atoms with van der Waals surface area (Å²) < 4.78 is 12.7. The number of methoxy groups -OCH3 is 1. The van der Waals surface area contributed by atoms with Gasteiger partial charge in [0.15, 0.2) is 11.5 Å². The lowest BCUT2D eigenvalue weighted by molar-refractivity contribution is 0.0976. The van der Waals surface area contributed by atoms with Crippen LogP contribution in [0.2, 0.25) is 21.6 Å². The maximum Gasteiger partial charge on any atom is 0.258 e. The number of fused-ring (bicyclic) bond motifs is 1. The van der Waals surface area contributed by atoms with Crippen LogP contribution in [0.1, 0.15) is 69.2 Å². The molecular formula is C29H36ClNO3SSi. The first-order valence-electron chi connectivity index (χ1n) is 12.6. The maximum atomic E-state index is 13.1. The Hall–Kier alpha value is -2.28. The van der Waals surface area contributed by atoms with Crippen LogP contribution in [0, 0.1) is 0 Å². The summed E-state index contributed by atoms with van der Waals surface area (Å²) in [6.45, 7) is 13.7. The number of Topliss-reactive ketones (excluding diaryl/α,β-unsaturated/α-hetero) is 1. The van der Waals surface area contributed by atoms with Gasteiger partial charge in [-0.25, -0.2) is 0 Å². The van der Waals surface area contributed by atoms with E-state index in [9.17, 15) is 4.79 Å². The van der Waals surface area contributed by atoms with E-state index in [1.54, 1.807) is 7.11 Å². The van der Waals surface area contributed by atoms with E-state index in [1.165, 1.54) is 11.3 Å². The first-order chi connectivity index (χ1) is 17.1. The Kier molecular flexibility index (Phi) is 7.88. The van der Waals surface area contributed by atoms with Crippen LogP contribution >= 0.6 is 22.9 Å². The van der Waals surface area contributed by atoms with Crippen molar-refractivity contribution in [2.24, 2.45) is 0 Å². The number of anilines is 1. The van der Waals surface area contributed by atoms with E-state index >= 15 is 0 Å². The molecule has 36 heavy (non-hydrogen) atoms. The average Bonchev–Trinajstić information content (AvgIpc) is 3.27. The Balaban J connectivity index is 1.62. The van der Waals surface area contributed by atoms with Crippen LogP contribution in [0.3, 0.4) is 0 Å². The summed E-state index contributed by atoms with van der Waals surface area (Å²) in [5.74, 6) is 1.68. The summed E-state index contributed by atoms with van der Waals surface area (Å²) in [5, 5.41) is 4.29. The second kappa shape index (κ2) is 10.6. The predicted molar refractivity (Wildman–Crippen MR) is 155 cm³/mol. The molecule has 0 fully saturated rings. The van der Waals surface area contributed by atoms with Crippen LogP contribution in [0.4, 0.5) is 5.69 Å². The molecule has 4 rings (SSSR count). The van der Waals surface area contributed by atoms with Gasteiger partial charge in [-0.05, 0) is 58.1 Å². The molecular weight excluding hydrogens is 506 g/mol. The molecule has 0 radical (unpaired) electrons. The number of thiophene rings is 1. The first-order valence-corrected chi connectivity index (χ1v) is 16.0. The van der Waals surface area contributed by atoms with E-state index in [0.717, 1.165) is 38.1 Å². The van der Waals surface area contributed by atoms with Gasteiger partial charge in [0.05, 0.1) is 23.7 Å². The Morgan fingerprint density at radius 3 is 2.17 bits per heavy atom. The van der Waals surface area contributed by atoms with Crippen molar-refractivity contribution in [2.75, 3.05) is 12.4 Å². The summed E-state index contributed by atoms with van der Waals surface area (Å²) in [6.07, 6.45) is 0.402. The van der Waals surface area contributed by atoms with Crippen molar-refractivity contribution < 1.29 is 14.0 Å². The number of hydrogen-bond acceptors (Lipinski definition) is 5. The zero-order valence-corrected chi connectivity index (χ0v) is 24.7. The van der Waals surface area contributed by atoms with Crippen LogP contribution < -0.4 is 14.5 Å². The molecule has 0 saturated heterocycles. The fourth-order valence-electron chi connectivity index (χ4n) is 5.71. The number of hydrogen-bond donors (Lipinski definition) is 1. The second-order valence-electron chi connectivity index (χ2n) is 10.5. The molecule has 2 aromatic carbocycles. The second-order valence-corrected chi connectivity index (χ2v) is 17.4. The molecule has 1 aliphatic rings. The smallest absolute Gasteiger partial charge is 0.258 e. The molecule has 1 N–H and O–H groups in total. The van der Waals surface area contributed by atoms with Crippen LogP contribution in [-0.2, 0) is 0 Å². The number of nitrogens with one attached hydrogen (secondary N) is 1. The van der Waals surface area contributed by atoms with Crippen molar-refractivity contribution in [3.63, 3.8) is 0 Å². The summed E-state index contributed by atoms with van der Waals surface area (Å²) in [5.41, 5.74) is 4.35. The summed E-state index contributed by atoms with van der Waals surface area (Å²) >= 11 is 7.58. The Morgan fingerprint density at radius 1 is 0.944 bits per heavy atom. The fraction of sp³-hybridized carbons (Fsp3) is 0.414. The topological polar surface area (TPSA) is 47.6 Å². The third kappa shape index (κ3) is 4.95. The number of halogens is 1. The highest BCUT2D eigenvalue weighted by molar-refractivity contribution is 7.18. The molecule has 0 saturated carbocycles. The van der Waals surface area contributed by atoms with E-state index in [2.05, 4.69) is 59.0 Å². The van der Waals surface area contributed by atoms with Crippen molar-refractivity contribution in [3.05, 3.63) is 64.0 Å². The van der Waals surface area contributed by atoms with Gasteiger partial charge in [-0.3, -0.25) is 4.79 Å². The van der Waals surface area contributed by atoms with Gasteiger partial charge in [0, 0.05) is 16.3 Å². The molecule has 0 bridgehead atoms. The Labute approximate surface area is 225 Å². The number of carbonyl (C=O) groups excluding carboxylic acids is 1.